The molecule has 0 radical (unpaired) electrons. The minimum Gasteiger partial charge on any atom is -0.748 e. The van der Waals surface area contributed by atoms with Crippen LogP contribution in [0.5, 0.6) is 0 Å². The van der Waals surface area contributed by atoms with Crippen LogP contribution in [0.4, 0.5) is 0 Å². The minimum atomic E-state index is 0. The van der Waals surface area contributed by atoms with Crippen molar-refractivity contribution in [3.05, 3.63) is 95.6 Å². The van der Waals surface area contributed by atoms with Crippen LogP contribution in [0.25, 0.3) is 0 Å². The molecule has 0 saturated heterocycles. The van der Waals surface area contributed by atoms with Gasteiger partial charge in [0, 0.05) is 17.1 Å². The Morgan fingerprint density at radius 3 is 1.57 bits per heavy atom. The number of hydrogen-bond acceptors (Lipinski definition) is 0. The Labute approximate surface area is 267 Å². The summed E-state index contributed by atoms with van der Waals surface area (Å²) in [6.07, 6.45) is 18.8. The maximum atomic E-state index is 2.65. The monoisotopic (exact) mass is 618 g/mol. The molecule has 8 saturated carbocycles. The molecule has 1 unspecified atom stereocenters. The van der Waals surface area contributed by atoms with Crippen LogP contribution < -0.4 is 0 Å². The average Bonchev–Trinajstić information content (AvgIpc) is 3.68. The summed E-state index contributed by atoms with van der Waals surface area (Å²) in [4.78, 5) is 0. The average molecular weight is 619 g/mol. The van der Waals surface area contributed by atoms with Crippen molar-refractivity contribution in [3.63, 3.8) is 0 Å². The number of benzene rings is 1. The standard InChI is InChI=1S/C35H46P.C5H5.Fe/c1-22(29-5-3-2-4-6-29)9-23-7-8-24(10-23)21-36(34-30-13-25-11-26(15-30)16-31(34)14-25)35-32-17-27-12-28(19-32)20-33(35)18-27;1-2-4-5-3-1;/h2-8,10,22,25-28,30-35H,9,11-21H2,1H3;1-5H;/q-1;-5;. The summed E-state index contributed by atoms with van der Waals surface area (Å²) in [6, 6.07) is 28.9. The molecule has 0 amide bonds. The minimum absolute atomic E-state index is 0. The van der Waals surface area contributed by atoms with E-state index in [-0.39, 0.29) is 25.0 Å². The molecule has 8 aliphatic carbocycles. The van der Waals surface area contributed by atoms with E-state index in [1.807, 2.05) is 30.3 Å². The van der Waals surface area contributed by atoms with Crippen LogP contribution in [0, 0.1) is 47.3 Å². The number of rotatable bonds is 7. The summed E-state index contributed by atoms with van der Waals surface area (Å²) in [5.41, 5.74) is 7.05. The Morgan fingerprint density at radius 1 is 0.667 bits per heavy atom. The van der Waals surface area contributed by atoms with Crippen molar-refractivity contribution in [2.24, 2.45) is 47.3 Å². The Morgan fingerprint density at radius 2 is 1.12 bits per heavy atom. The van der Waals surface area contributed by atoms with Gasteiger partial charge >= 0.3 is 0 Å². The van der Waals surface area contributed by atoms with E-state index in [2.05, 4.69) is 55.5 Å². The summed E-state index contributed by atoms with van der Waals surface area (Å²) >= 11 is 0. The van der Waals surface area contributed by atoms with Gasteiger partial charge in [0.2, 0.25) is 0 Å². The van der Waals surface area contributed by atoms with Gasteiger partial charge in [-0.25, -0.2) is 6.07 Å². The van der Waals surface area contributed by atoms with Crippen molar-refractivity contribution in [3.8, 4) is 0 Å². The zero-order chi connectivity index (χ0) is 27.3. The summed E-state index contributed by atoms with van der Waals surface area (Å²) < 4.78 is 0. The van der Waals surface area contributed by atoms with E-state index in [0.29, 0.717) is 5.92 Å². The third-order valence-electron chi connectivity index (χ3n) is 12.8. The van der Waals surface area contributed by atoms with Crippen LogP contribution in [0.15, 0.2) is 78.9 Å². The van der Waals surface area contributed by atoms with E-state index in [1.165, 1.54) is 18.1 Å². The Kier molecular flexibility index (Phi) is 8.94. The maximum absolute atomic E-state index is 2.65. The first-order chi connectivity index (χ1) is 20.2. The van der Waals surface area contributed by atoms with Crippen molar-refractivity contribution in [2.75, 3.05) is 0 Å². The molecule has 0 nitrogen and oxygen atoms in total. The first-order valence-corrected chi connectivity index (χ1v) is 19.0. The van der Waals surface area contributed by atoms with Crippen LogP contribution in [0.3, 0.4) is 0 Å². The van der Waals surface area contributed by atoms with E-state index in [9.17, 15) is 0 Å². The molecule has 3 aromatic rings. The molecule has 0 spiro atoms. The van der Waals surface area contributed by atoms with Gasteiger partial charge < -0.3 is 30.3 Å². The second-order valence-corrected chi connectivity index (χ2v) is 18.2. The SMILES string of the molecule is CC(C[c-]1ccc(CP(C2C3CC4CC(C3)CC2C4)C2C3CC4CC(C3)CC2C4)c1)c1ccccc1.[Fe].[cH-]1[cH-][cH-][cH-][cH-]1. The van der Waals surface area contributed by atoms with Gasteiger partial charge in [-0.15, -0.1) is 7.92 Å². The Bertz CT molecular complexity index is 1140. The molecule has 230 valence electrons. The van der Waals surface area contributed by atoms with Gasteiger partial charge in [-0.1, -0.05) is 49.8 Å². The smallest absolute Gasteiger partial charge is 0 e. The van der Waals surface area contributed by atoms with Gasteiger partial charge in [0.25, 0.3) is 0 Å². The van der Waals surface area contributed by atoms with Gasteiger partial charge in [-0.3, -0.25) is 0 Å². The van der Waals surface area contributed by atoms with Gasteiger partial charge in [0.1, 0.15) is 0 Å². The summed E-state index contributed by atoms with van der Waals surface area (Å²) in [7, 11) is 0.112. The summed E-state index contributed by atoms with van der Waals surface area (Å²) in [5.74, 6) is 9.50. The van der Waals surface area contributed by atoms with Crippen LogP contribution in [0.1, 0.15) is 93.7 Å². The molecule has 0 aromatic heterocycles. The molecule has 0 N–H and O–H groups in total. The van der Waals surface area contributed by atoms with Gasteiger partial charge in [0.15, 0.2) is 0 Å². The van der Waals surface area contributed by atoms with E-state index < -0.39 is 0 Å². The predicted molar refractivity (Wildman–Crippen MR) is 175 cm³/mol. The molecule has 8 bridgehead atoms. The van der Waals surface area contributed by atoms with E-state index >= 15 is 0 Å². The fourth-order valence-corrected chi connectivity index (χ4v) is 16.4. The van der Waals surface area contributed by atoms with Crippen LogP contribution >= 0.6 is 7.92 Å². The normalized spacial score (nSPS) is 38.4. The van der Waals surface area contributed by atoms with E-state index in [1.54, 1.807) is 75.3 Å². The third kappa shape index (κ3) is 5.94. The molecule has 2 heteroatoms. The Hall–Kier alpha value is -1.13. The first kappa shape index (κ1) is 29.6. The zero-order valence-electron chi connectivity index (χ0n) is 25.6. The van der Waals surface area contributed by atoms with Crippen molar-refractivity contribution in [2.45, 2.75) is 101 Å². The third-order valence-corrected chi connectivity index (χ3v) is 16.8. The Balaban J connectivity index is 0.000000438. The van der Waals surface area contributed by atoms with Crippen molar-refractivity contribution in [1.82, 2.24) is 0 Å². The van der Waals surface area contributed by atoms with Gasteiger partial charge in [-0.05, 0) is 134 Å². The number of hydrogen-bond donors (Lipinski definition) is 0. The fraction of sp³-hybridized carbons (Fsp3) is 0.600. The summed E-state index contributed by atoms with van der Waals surface area (Å²) in [5, 5.41) is 0. The topological polar surface area (TPSA) is 0 Å². The molecule has 8 fully saturated rings. The van der Waals surface area contributed by atoms with Crippen LogP contribution in [-0.4, -0.2) is 11.3 Å². The molecule has 3 aromatic carbocycles. The van der Waals surface area contributed by atoms with Crippen LogP contribution in [0.2, 0.25) is 0 Å². The van der Waals surface area contributed by atoms with E-state index in [4.69, 9.17) is 0 Å². The molecule has 42 heavy (non-hydrogen) atoms. The fourth-order valence-electron chi connectivity index (χ4n) is 11.8. The second-order valence-electron chi connectivity index (χ2n) is 15.6. The molecule has 0 aliphatic heterocycles. The molecule has 11 rings (SSSR count). The van der Waals surface area contributed by atoms with Crippen molar-refractivity contribution in [1.29, 1.82) is 0 Å². The first-order valence-electron chi connectivity index (χ1n) is 17.4. The zero-order valence-corrected chi connectivity index (χ0v) is 27.6. The molecule has 1 atom stereocenters. The van der Waals surface area contributed by atoms with Gasteiger partial charge in [0.05, 0.1) is 0 Å². The summed E-state index contributed by atoms with van der Waals surface area (Å²) in [6.45, 7) is 2.41. The second kappa shape index (κ2) is 12.7. The van der Waals surface area contributed by atoms with Crippen LogP contribution in [-0.2, 0) is 29.7 Å². The largest absolute Gasteiger partial charge is 0.748 e. The van der Waals surface area contributed by atoms with Crippen molar-refractivity contribution < 1.29 is 17.1 Å². The quantitative estimate of drug-likeness (QED) is 0.140. The molecule has 0 heterocycles. The maximum Gasteiger partial charge on any atom is 0 e. The predicted octanol–water partition coefficient (Wildman–Crippen LogP) is 10.8. The molecular weight excluding hydrogens is 567 g/mol. The molecule has 8 aliphatic rings. The molecular formula is C40H51FeP-6. The van der Waals surface area contributed by atoms with E-state index in [0.717, 1.165) is 58.7 Å². The van der Waals surface area contributed by atoms with Gasteiger partial charge in [-0.2, -0.15) is 23.3 Å². The van der Waals surface area contributed by atoms with Crippen molar-refractivity contribution >= 4 is 7.92 Å².